The average molecular weight is 207 g/mol. The summed E-state index contributed by atoms with van der Waals surface area (Å²) >= 11 is 0. The van der Waals surface area contributed by atoms with E-state index in [2.05, 4.69) is 4.74 Å². The van der Waals surface area contributed by atoms with E-state index in [9.17, 15) is 9.18 Å². The van der Waals surface area contributed by atoms with Crippen LogP contribution in [-0.4, -0.2) is 30.1 Å². The van der Waals surface area contributed by atoms with Gasteiger partial charge in [-0.3, -0.25) is 0 Å². The van der Waals surface area contributed by atoms with E-state index in [4.69, 9.17) is 10.8 Å². The van der Waals surface area contributed by atoms with Crippen LogP contribution in [-0.2, 0) is 4.74 Å². The molecule has 2 atom stereocenters. The third kappa shape index (κ3) is 5.75. The van der Waals surface area contributed by atoms with Crippen molar-refractivity contribution >= 4 is 6.09 Å². The normalized spacial score (nSPS) is 16.1. The number of alkyl halides is 1. The molecule has 0 saturated heterocycles. The number of hydrogen-bond donors (Lipinski definition) is 2. The van der Waals surface area contributed by atoms with Crippen LogP contribution in [0.15, 0.2) is 0 Å². The van der Waals surface area contributed by atoms with Crippen LogP contribution in [0.2, 0.25) is 0 Å². The molecule has 5 heteroatoms. The highest BCUT2D eigenvalue weighted by Gasteiger charge is 2.28. The summed E-state index contributed by atoms with van der Waals surface area (Å²) in [4.78, 5) is 10.4. The smallest absolute Gasteiger partial charge is 0.404 e. The third-order valence-corrected chi connectivity index (χ3v) is 1.66. The van der Waals surface area contributed by atoms with Gasteiger partial charge in [0.05, 0.1) is 6.61 Å². The number of rotatable bonds is 4. The summed E-state index contributed by atoms with van der Waals surface area (Å²) in [6, 6.07) is 0. The van der Waals surface area contributed by atoms with Crippen LogP contribution >= 0.6 is 0 Å². The van der Waals surface area contributed by atoms with Crippen molar-refractivity contribution in [3.8, 4) is 0 Å². The maximum atomic E-state index is 13.4. The first-order chi connectivity index (χ1) is 6.26. The van der Waals surface area contributed by atoms with Crippen molar-refractivity contribution in [3.05, 3.63) is 0 Å². The van der Waals surface area contributed by atoms with Crippen LogP contribution < -0.4 is 5.73 Å². The molecule has 84 valence electrons. The number of aliphatic hydroxyl groups excluding tert-OH is 1. The summed E-state index contributed by atoms with van der Waals surface area (Å²) in [6.07, 6.45) is -3.43. The standard InChI is InChI=1S/C9H18FNO3/c1-9(2,3)4-6(10)7(5-12)14-8(11)13/h6-7,12H,4-5H2,1-3H3,(H2,11,13)/t6?,7-/m0/s1. The molecule has 0 heterocycles. The van der Waals surface area contributed by atoms with Gasteiger partial charge in [-0.15, -0.1) is 0 Å². The minimum atomic E-state index is -1.40. The number of carbonyl (C=O) groups is 1. The Morgan fingerprint density at radius 3 is 2.36 bits per heavy atom. The lowest BCUT2D eigenvalue weighted by atomic mass is 9.88. The fraction of sp³-hybridized carbons (Fsp3) is 0.889. The van der Waals surface area contributed by atoms with Crippen LogP contribution in [0.25, 0.3) is 0 Å². The topological polar surface area (TPSA) is 72.6 Å². The van der Waals surface area contributed by atoms with Crippen molar-refractivity contribution in [2.75, 3.05) is 6.61 Å². The van der Waals surface area contributed by atoms with Crippen LogP contribution in [0, 0.1) is 5.41 Å². The average Bonchev–Trinajstić information content (AvgIpc) is 1.96. The molecule has 1 amide bonds. The zero-order valence-electron chi connectivity index (χ0n) is 8.79. The Hall–Kier alpha value is -0.840. The minimum Gasteiger partial charge on any atom is -0.441 e. The van der Waals surface area contributed by atoms with E-state index in [0.717, 1.165) is 0 Å². The van der Waals surface area contributed by atoms with Gasteiger partial charge >= 0.3 is 6.09 Å². The molecule has 0 radical (unpaired) electrons. The molecule has 0 aliphatic heterocycles. The Kier molecular flexibility index (Phi) is 4.83. The summed E-state index contributed by atoms with van der Waals surface area (Å²) in [6.45, 7) is 5.02. The van der Waals surface area contributed by atoms with Crippen LogP contribution in [0.4, 0.5) is 9.18 Å². The second kappa shape index (κ2) is 5.14. The molecule has 0 bridgehead atoms. The molecule has 0 saturated carbocycles. The van der Waals surface area contributed by atoms with E-state index in [-0.39, 0.29) is 11.8 Å². The predicted octanol–water partition coefficient (Wildman–Crippen LogP) is 1.22. The molecule has 14 heavy (non-hydrogen) atoms. The molecular weight excluding hydrogens is 189 g/mol. The highest BCUT2D eigenvalue weighted by Crippen LogP contribution is 2.24. The highest BCUT2D eigenvalue weighted by molar-refractivity contribution is 5.64. The van der Waals surface area contributed by atoms with Crippen molar-refractivity contribution in [1.29, 1.82) is 0 Å². The number of nitrogens with two attached hydrogens (primary N) is 1. The second-order valence-electron chi connectivity index (χ2n) is 4.44. The highest BCUT2D eigenvalue weighted by atomic mass is 19.1. The van der Waals surface area contributed by atoms with E-state index < -0.39 is 25.0 Å². The van der Waals surface area contributed by atoms with Gasteiger partial charge in [0.15, 0.2) is 6.10 Å². The molecule has 1 unspecified atom stereocenters. The van der Waals surface area contributed by atoms with Gasteiger partial charge in [0, 0.05) is 0 Å². The van der Waals surface area contributed by atoms with Crippen LogP contribution in [0.3, 0.4) is 0 Å². The van der Waals surface area contributed by atoms with Gasteiger partial charge in [0.2, 0.25) is 0 Å². The van der Waals surface area contributed by atoms with E-state index >= 15 is 0 Å². The van der Waals surface area contributed by atoms with Crippen molar-refractivity contribution in [2.45, 2.75) is 39.5 Å². The largest absolute Gasteiger partial charge is 0.441 e. The molecular formula is C9H18FNO3. The number of hydrogen-bond acceptors (Lipinski definition) is 3. The summed E-state index contributed by atoms with van der Waals surface area (Å²) in [5.74, 6) is 0. The first-order valence-corrected chi connectivity index (χ1v) is 4.47. The Morgan fingerprint density at radius 2 is 2.07 bits per heavy atom. The molecule has 4 nitrogen and oxygen atoms in total. The number of halogens is 1. The van der Waals surface area contributed by atoms with Gasteiger partial charge in [0.25, 0.3) is 0 Å². The Balaban J connectivity index is 4.17. The predicted molar refractivity (Wildman–Crippen MR) is 50.5 cm³/mol. The summed E-state index contributed by atoms with van der Waals surface area (Å²) in [5.41, 5.74) is 4.50. The molecule has 0 aromatic carbocycles. The minimum absolute atomic E-state index is 0.200. The SMILES string of the molecule is CC(C)(C)CC(F)[C@H](CO)OC(N)=O. The first kappa shape index (κ1) is 13.2. The zero-order valence-corrected chi connectivity index (χ0v) is 8.79. The number of aliphatic hydroxyl groups is 1. The van der Waals surface area contributed by atoms with Crippen molar-refractivity contribution < 1.29 is 19.0 Å². The quantitative estimate of drug-likeness (QED) is 0.728. The number of primary amides is 1. The van der Waals surface area contributed by atoms with E-state index in [1.165, 1.54) is 0 Å². The Bertz CT molecular complexity index is 191. The first-order valence-electron chi connectivity index (χ1n) is 4.47. The molecule has 0 spiro atoms. The van der Waals surface area contributed by atoms with Crippen LogP contribution in [0.5, 0.6) is 0 Å². The van der Waals surface area contributed by atoms with E-state index in [0.29, 0.717) is 0 Å². The van der Waals surface area contributed by atoms with Gasteiger partial charge in [-0.1, -0.05) is 20.8 Å². The van der Waals surface area contributed by atoms with Gasteiger partial charge in [-0.2, -0.15) is 0 Å². The van der Waals surface area contributed by atoms with Gasteiger partial charge in [-0.05, 0) is 11.8 Å². The summed E-state index contributed by atoms with van der Waals surface area (Å²) in [5, 5.41) is 8.77. The number of amides is 1. The maximum Gasteiger partial charge on any atom is 0.404 e. The van der Waals surface area contributed by atoms with Crippen molar-refractivity contribution in [3.63, 3.8) is 0 Å². The lowest BCUT2D eigenvalue weighted by molar-refractivity contribution is -0.000611. The molecule has 0 aliphatic carbocycles. The van der Waals surface area contributed by atoms with Crippen molar-refractivity contribution in [1.82, 2.24) is 0 Å². The van der Waals surface area contributed by atoms with Gasteiger partial charge in [0.1, 0.15) is 6.17 Å². The monoisotopic (exact) mass is 207 g/mol. The van der Waals surface area contributed by atoms with Gasteiger partial charge < -0.3 is 15.6 Å². The zero-order chi connectivity index (χ0) is 11.4. The van der Waals surface area contributed by atoms with Crippen molar-refractivity contribution in [2.24, 2.45) is 11.1 Å². The molecule has 0 rings (SSSR count). The second-order valence-corrected chi connectivity index (χ2v) is 4.44. The Morgan fingerprint density at radius 1 is 1.57 bits per heavy atom. The molecule has 3 N–H and O–H groups in total. The lowest BCUT2D eigenvalue weighted by Gasteiger charge is -2.25. The van der Waals surface area contributed by atoms with Crippen LogP contribution in [0.1, 0.15) is 27.2 Å². The molecule has 0 fully saturated rings. The Labute approximate surface area is 83.2 Å². The molecule has 0 aromatic rings. The third-order valence-electron chi connectivity index (χ3n) is 1.66. The maximum absolute atomic E-state index is 13.4. The number of carbonyl (C=O) groups excluding carboxylic acids is 1. The van der Waals surface area contributed by atoms with Gasteiger partial charge in [-0.25, -0.2) is 9.18 Å². The molecule has 0 aliphatic rings. The summed E-state index contributed by atoms with van der Waals surface area (Å²) in [7, 11) is 0. The lowest BCUT2D eigenvalue weighted by Crippen LogP contribution is -2.35. The molecule has 0 aromatic heterocycles. The van der Waals surface area contributed by atoms with E-state index in [1.807, 2.05) is 20.8 Å². The summed E-state index contributed by atoms with van der Waals surface area (Å²) < 4.78 is 17.9. The number of ether oxygens (including phenoxy) is 1. The fourth-order valence-electron chi connectivity index (χ4n) is 1.09. The van der Waals surface area contributed by atoms with E-state index in [1.54, 1.807) is 0 Å². The fourth-order valence-corrected chi connectivity index (χ4v) is 1.09.